The van der Waals surface area contributed by atoms with Gasteiger partial charge in [-0.2, -0.15) is 0 Å². The number of allylic oxidation sites excluding steroid dienone is 2. The van der Waals surface area contributed by atoms with E-state index in [4.69, 9.17) is 23.7 Å². The fourth-order valence-electron chi connectivity index (χ4n) is 4.04. The Kier molecular flexibility index (Phi) is 9.48. The van der Waals surface area contributed by atoms with Crippen molar-refractivity contribution in [1.82, 2.24) is 0 Å². The number of unbranched alkanes of at least 4 members (excludes halogenated alkanes) is 1. The fourth-order valence-corrected chi connectivity index (χ4v) is 4.04. The molecule has 5 nitrogen and oxygen atoms in total. The van der Waals surface area contributed by atoms with Gasteiger partial charge in [-0.15, -0.1) is 0 Å². The highest BCUT2D eigenvalue weighted by atomic mass is 16.6. The van der Waals surface area contributed by atoms with Gasteiger partial charge in [-0.1, -0.05) is 31.2 Å². The molecule has 0 bridgehead atoms. The number of hydrogen-bond acceptors (Lipinski definition) is 5. The van der Waals surface area contributed by atoms with E-state index in [1.807, 2.05) is 6.07 Å². The van der Waals surface area contributed by atoms with Crippen molar-refractivity contribution in [2.24, 2.45) is 5.92 Å². The third-order valence-corrected chi connectivity index (χ3v) is 5.56. The molecule has 4 atom stereocenters. The van der Waals surface area contributed by atoms with E-state index >= 15 is 0 Å². The van der Waals surface area contributed by atoms with E-state index in [1.54, 1.807) is 7.11 Å². The van der Waals surface area contributed by atoms with Crippen LogP contribution in [0.1, 0.15) is 38.2 Å². The van der Waals surface area contributed by atoms with Crippen LogP contribution in [0, 0.1) is 5.92 Å². The number of rotatable bonds is 10. The largest absolute Gasteiger partial charge is 0.497 e. The predicted octanol–water partition coefficient (Wildman–Crippen LogP) is 4.19. The first-order valence-electron chi connectivity index (χ1n) is 11.0. The van der Waals surface area contributed by atoms with Crippen LogP contribution in [-0.4, -0.2) is 58.5 Å². The van der Waals surface area contributed by atoms with Crippen molar-refractivity contribution in [1.29, 1.82) is 0 Å². The maximum absolute atomic E-state index is 6.00. The van der Waals surface area contributed by atoms with Crippen molar-refractivity contribution in [2.75, 3.05) is 40.1 Å². The molecule has 3 rings (SSSR count). The van der Waals surface area contributed by atoms with Crippen LogP contribution in [0.2, 0.25) is 0 Å². The van der Waals surface area contributed by atoms with E-state index in [9.17, 15) is 0 Å². The molecule has 2 aliphatic heterocycles. The standard InChI is InChI=1S/C24H36O5/c1-19(15-20-8-6-9-21(16-20)25-2)7-4-3-5-10-23-24(29-14-13-28-23)17-22-18-26-11-12-27-22/h4,6-9,16,19,22-24H,3,5,10-15,17-18H2,1-2H3/b7-4+. The van der Waals surface area contributed by atoms with Gasteiger partial charge in [0.15, 0.2) is 0 Å². The molecule has 0 spiro atoms. The summed E-state index contributed by atoms with van der Waals surface area (Å²) in [5.41, 5.74) is 1.31. The molecule has 0 aromatic heterocycles. The lowest BCUT2D eigenvalue weighted by Crippen LogP contribution is -2.43. The summed E-state index contributed by atoms with van der Waals surface area (Å²) >= 11 is 0. The minimum absolute atomic E-state index is 0.117. The van der Waals surface area contributed by atoms with Crippen LogP contribution in [0.25, 0.3) is 0 Å². The maximum Gasteiger partial charge on any atom is 0.119 e. The Hall–Kier alpha value is -1.40. The zero-order valence-corrected chi connectivity index (χ0v) is 17.9. The molecule has 0 radical (unpaired) electrons. The topological polar surface area (TPSA) is 46.2 Å². The summed E-state index contributed by atoms with van der Waals surface area (Å²) in [5.74, 6) is 1.43. The molecule has 2 fully saturated rings. The summed E-state index contributed by atoms with van der Waals surface area (Å²) in [6.07, 6.45) is 10.1. The van der Waals surface area contributed by atoms with Crippen molar-refractivity contribution >= 4 is 0 Å². The Morgan fingerprint density at radius 2 is 1.93 bits per heavy atom. The lowest BCUT2D eigenvalue weighted by atomic mass is 9.98. The van der Waals surface area contributed by atoms with Crippen LogP contribution in [0.4, 0.5) is 0 Å². The van der Waals surface area contributed by atoms with Crippen LogP contribution in [0.3, 0.4) is 0 Å². The third-order valence-electron chi connectivity index (χ3n) is 5.56. The Balaban J connectivity index is 1.36. The number of hydrogen-bond donors (Lipinski definition) is 0. The Bertz CT molecular complexity index is 611. The van der Waals surface area contributed by atoms with Gasteiger partial charge in [0.1, 0.15) is 5.75 Å². The van der Waals surface area contributed by atoms with Crippen LogP contribution in [0.5, 0.6) is 5.75 Å². The highest BCUT2D eigenvalue weighted by Gasteiger charge is 2.30. The molecule has 0 N–H and O–H groups in total. The van der Waals surface area contributed by atoms with Crippen molar-refractivity contribution < 1.29 is 23.7 Å². The van der Waals surface area contributed by atoms with Gasteiger partial charge >= 0.3 is 0 Å². The van der Waals surface area contributed by atoms with Gasteiger partial charge in [0, 0.05) is 6.42 Å². The maximum atomic E-state index is 6.00. The Labute approximate surface area is 175 Å². The highest BCUT2D eigenvalue weighted by Crippen LogP contribution is 2.23. The minimum atomic E-state index is 0.117. The molecule has 1 aromatic rings. The summed E-state index contributed by atoms with van der Waals surface area (Å²) in [6, 6.07) is 8.32. The summed E-state index contributed by atoms with van der Waals surface area (Å²) < 4.78 is 28.6. The molecular weight excluding hydrogens is 368 g/mol. The smallest absolute Gasteiger partial charge is 0.119 e. The summed E-state index contributed by atoms with van der Waals surface area (Å²) in [4.78, 5) is 0. The molecule has 2 heterocycles. The minimum Gasteiger partial charge on any atom is -0.497 e. The average molecular weight is 405 g/mol. The molecule has 0 aliphatic carbocycles. The third kappa shape index (κ3) is 7.74. The van der Waals surface area contributed by atoms with Crippen LogP contribution >= 0.6 is 0 Å². The van der Waals surface area contributed by atoms with Gasteiger partial charge in [-0.3, -0.25) is 0 Å². The monoisotopic (exact) mass is 404 g/mol. The van der Waals surface area contributed by atoms with Crippen molar-refractivity contribution in [3.8, 4) is 5.75 Å². The van der Waals surface area contributed by atoms with Gasteiger partial charge in [0.05, 0.1) is 58.5 Å². The molecular formula is C24H36O5. The summed E-state index contributed by atoms with van der Waals surface area (Å²) in [6.45, 7) is 5.68. The van der Waals surface area contributed by atoms with Gasteiger partial charge in [-0.05, 0) is 49.3 Å². The molecule has 29 heavy (non-hydrogen) atoms. The predicted molar refractivity (Wildman–Crippen MR) is 114 cm³/mol. The quantitative estimate of drug-likeness (QED) is 0.432. The van der Waals surface area contributed by atoms with Gasteiger partial charge in [0.25, 0.3) is 0 Å². The number of ether oxygens (including phenoxy) is 5. The Morgan fingerprint density at radius 3 is 2.72 bits per heavy atom. The van der Waals surface area contributed by atoms with Gasteiger partial charge < -0.3 is 23.7 Å². The molecule has 0 saturated carbocycles. The zero-order chi connectivity index (χ0) is 20.3. The molecule has 1 aromatic carbocycles. The normalized spacial score (nSPS) is 26.5. The van der Waals surface area contributed by atoms with E-state index in [2.05, 4.69) is 37.3 Å². The fraction of sp³-hybridized carbons (Fsp3) is 0.667. The van der Waals surface area contributed by atoms with Crippen molar-refractivity contribution in [2.45, 2.75) is 57.3 Å². The summed E-state index contributed by atoms with van der Waals surface area (Å²) in [5, 5.41) is 0. The van der Waals surface area contributed by atoms with Crippen molar-refractivity contribution in [3.63, 3.8) is 0 Å². The summed E-state index contributed by atoms with van der Waals surface area (Å²) in [7, 11) is 1.71. The second kappa shape index (κ2) is 12.3. The molecule has 2 aliphatic rings. The van der Waals surface area contributed by atoms with Crippen LogP contribution < -0.4 is 4.74 Å². The van der Waals surface area contributed by atoms with Gasteiger partial charge in [0.2, 0.25) is 0 Å². The highest BCUT2D eigenvalue weighted by molar-refractivity contribution is 5.28. The average Bonchev–Trinajstić information content (AvgIpc) is 2.75. The number of methoxy groups -OCH3 is 1. The van der Waals surface area contributed by atoms with Crippen LogP contribution in [-0.2, 0) is 25.4 Å². The van der Waals surface area contributed by atoms with E-state index < -0.39 is 0 Å². The second-order valence-corrected chi connectivity index (χ2v) is 8.01. The first kappa shape index (κ1) is 22.3. The number of benzene rings is 1. The van der Waals surface area contributed by atoms with Gasteiger partial charge in [-0.25, -0.2) is 0 Å². The zero-order valence-electron chi connectivity index (χ0n) is 17.9. The first-order valence-corrected chi connectivity index (χ1v) is 11.0. The van der Waals surface area contributed by atoms with E-state index in [1.165, 1.54) is 5.56 Å². The lowest BCUT2D eigenvalue weighted by molar-refractivity contribution is -0.169. The molecule has 0 amide bonds. The lowest BCUT2D eigenvalue weighted by Gasteiger charge is -2.35. The Morgan fingerprint density at radius 1 is 1.10 bits per heavy atom. The van der Waals surface area contributed by atoms with E-state index in [0.29, 0.717) is 39.0 Å². The van der Waals surface area contributed by atoms with E-state index in [0.717, 1.165) is 37.9 Å². The first-order chi connectivity index (χ1) is 14.2. The molecule has 4 unspecified atom stereocenters. The molecule has 5 heteroatoms. The molecule has 162 valence electrons. The molecule has 2 saturated heterocycles. The van der Waals surface area contributed by atoms with Crippen LogP contribution in [0.15, 0.2) is 36.4 Å². The SMILES string of the molecule is COc1cccc(CC(C)/C=C/CCCC2OCCOC2CC2COCCO2)c1. The van der Waals surface area contributed by atoms with E-state index in [-0.39, 0.29) is 18.3 Å². The van der Waals surface area contributed by atoms with Crippen molar-refractivity contribution in [3.05, 3.63) is 42.0 Å². The second-order valence-electron chi connectivity index (χ2n) is 8.01.